The molecule has 3 aliphatic rings. The number of carbonyl (C=O) groups excluding carboxylic acids is 2. The number of halogens is 1. The smallest absolute Gasteiger partial charge is 0.338 e. The van der Waals surface area contributed by atoms with Gasteiger partial charge in [0.05, 0.1) is 9.89 Å². The number of benzene rings is 1. The van der Waals surface area contributed by atoms with Gasteiger partial charge in [0.2, 0.25) is 0 Å². The molecule has 1 aromatic rings. The minimum absolute atomic E-state index is 0.0136. The third kappa shape index (κ3) is 2.76. The van der Waals surface area contributed by atoms with E-state index in [4.69, 9.17) is 4.74 Å². The topological polar surface area (TPSA) is 43.4 Å². The molecule has 3 nitrogen and oxygen atoms in total. The van der Waals surface area contributed by atoms with Gasteiger partial charge in [0.25, 0.3) is 0 Å². The molecule has 3 fully saturated rings. The fourth-order valence-corrected chi connectivity index (χ4v) is 6.80. The molecule has 1 aromatic carbocycles. The number of fused-ring (bicyclic) bond motifs is 3. The van der Waals surface area contributed by atoms with Crippen molar-refractivity contribution in [3.63, 3.8) is 0 Å². The highest BCUT2D eigenvalue weighted by Crippen LogP contribution is 2.62. The van der Waals surface area contributed by atoms with Gasteiger partial charge in [0.1, 0.15) is 11.9 Å². The largest absolute Gasteiger partial charge is 0.458 e. The van der Waals surface area contributed by atoms with Crippen molar-refractivity contribution in [3.05, 3.63) is 35.9 Å². The zero-order valence-electron chi connectivity index (χ0n) is 15.5. The maximum Gasteiger partial charge on any atom is 0.338 e. The zero-order chi connectivity index (χ0) is 18.5. The second kappa shape index (κ2) is 6.47. The third-order valence-corrected chi connectivity index (χ3v) is 8.59. The van der Waals surface area contributed by atoms with Crippen molar-refractivity contribution in [1.82, 2.24) is 0 Å². The van der Waals surface area contributed by atoms with Crippen LogP contribution in [0.1, 0.15) is 62.7 Å². The number of Topliss-reactive ketones (excluding diaryl/α,β-unsaturated/α-hetero) is 1. The molecule has 6 atom stereocenters. The predicted molar refractivity (Wildman–Crippen MR) is 104 cm³/mol. The fraction of sp³-hybridized carbons (Fsp3) is 0.636. The number of rotatable bonds is 2. The van der Waals surface area contributed by atoms with E-state index in [1.165, 1.54) is 0 Å². The molecule has 4 rings (SSSR count). The number of ether oxygens (including phenoxy) is 1. The van der Waals surface area contributed by atoms with Crippen LogP contribution in [-0.2, 0) is 9.53 Å². The quantitative estimate of drug-likeness (QED) is 0.491. The summed E-state index contributed by atoms with van der Waals surface area (Å²) in [5, 5.41) is 0. The summed E-state index contributed by atoms with van der Waals surface area (Å²) in [6.45, 7) is 4.38. The highest BCUT2D eigenvalue weighted by Gasteiger charge is 2.60. The van der Waals surface area contributed by atoms with Gasteiger partial charge in [-0.05, 0) is 68.9 Å². The normalized spacial score (nSPS) is 42.0. The van der Waals surface area contributed by atoms with Crippen LogP contribution in [0.4, 0.5) is 0 Å². The molecule has 0 amide bonds. The number of ketones is 1. The Balaban J connectivity index is 1.53. The summed E-state index contributed by atoms with van der Waals surface area (Å²) in [4.78, 5) is 25.0. The van der Waals surface area contributed by atoms with Gasteiger partial charge in [-0.2, -0.15) is 0 Å². The van der Waals surface area contributed by atoms with E-state index < -0.39 is 0 Å². The lowest BCUT2D eigenvalue weighted by Crippen LogP contribution is -2.54. The first-order valence-electron chi connectivity index (χ1n) is 9.82. The highest BCUT2D eigenvalue weighted by atomic mass is 79.9. The van der Waals surface area contributed by atoms with E-state index in [-0.39, 0.29) is 21.8 Å². The Morgan fingerprint density at radius 1 is 1.08 bits per heavy atom. The first kappa shape index (κ1) is 18.2. The number of hydrogen-bond acceptors (Lipinski definition) is 3. The highest BCUT2D eigenvalue weighted by molar-refractivity contribution is 9.10. The summed E-state index contributed by atoms with van der Waals surface area (Å²) in [6, 6.07) is 9.29. The van der Waals surface area contributed by atoms with Gasteiger partial charge in [-0.25, -0.2) is 4.79 Å². The Kier molecular flexibility index (Phi) is 4.53. The van der Waals surface area contributed by atoms with Crippen LogP contribution in [0, 0.1) is 23.2 Å². The number of hydrogen-bond donors (Lipinski definition) is 0. The number of esters is 1. The summed E-state index contributed by atoms with van der Waals surface area (Å²) in [6.07, 6.45) is 5.75. The van der Waals surface area contributed by atoms with Gasteiger partial charge in [0.15, 0.2) is 0 Å². The monoisotopic (exact) mass is 418 g/mol. The molecule has 3 saturated carbocycles. The molecule has 3 aliphatic carbocycles. The summed E-state index contributed by atoms with van der Waals surface area (Å²) in [5.41, 5.74) is 0.666. The van der Waals surface area contributed by atoms with Crippen molar-refractivity contribution in [2.45, 2.75) is 62.8 Å². The first-order chi connectivity index (χ1) is 12.3. The molecule has 0 bridgehead atoms. The van der Waals surface area contributed by atoms with Gasteiger partial charge in [-0.1, -0.05) is 41.1 Å². The maximum absolute atomic E-state index is 12.6. The van der Waals surface area contributed by atoms with Crippen LogP contribution in [0.5, 0.6) is 0 Å². The van der Waals surface area contributed by atoms with Crippen molar-refractivity contribution in [2.75, 3.05) is 0 Å². The van der Waals surface area contributed by atoms with Crippen LogP contribution < -0.4 is 0 Å². The molecule has 4 heteroatoms. The molecule has 0 N–H and O–H groups in total. The van der Waals surface area contributed by atoms with Crippen molar-refractivity contribution in [3.8, 4) is 0 Å². The van der Waals surface area contributed by atoms with Crippen LogP contribution in [0.15, 0.2) is 30.3 Å². The number of carbonyl (C=O) groups is 2. The van der Waals surface area contributed by atoms with Crippen LogP contribution in [0.2, 0.25) is 0 Å². The lowest BCUT2D eigenvalue weighted by atomic mass is 9.54. The second-order valence-corrected chi connectivity index (χ2v) is 10.4. The van der Waals surface area contributed by atoms with Gasteiger partial charge in [-0.3, -0.25) is 4.79 Å². The molecule has 140 valence electrons. The minimum Gasteiger partial charge on any atom is -0.458 e. The van der Waals surface area contributed by atoms with E-state index in [1.54, 1.807) is 0 Å². The molecule has 26 heavy (non-hydrogen) atoms. The van der Waals surface area contributed by atoms with Gasteiger partial charge in [0, 0.05) is 11.8 Å². The second-order valence-electron chi connectivity index (χ2n) is 8.80. The summed E-state index contributed by atoms with van der Waals surface area (Å²) < 4.78 is 5.63. The van der Waals surface area contributed by atoms with Crippen molar-refractivity contribution >= 4 is 27.7 Å². The predicted octanol–water partition coefficient (Wildman–Crippen LogP) is 5.17. The van der Waals surface area contributed by atoms with E-state index in [2.05, 4.69) is 29.8 Å². The SMILES string of the molecule is C[C@]12CC[C@H]3[C@@H](CCC(=O)[C@]3(C)Br)[C@H]1CC[C@H]2OC(=O)c1ccccc1. The van der Waals surface area contributed by atoms with Gasteiger partial charge < -0.3 is 4.74 Å². The summed E-state index contributed by atoms with van der Waals surface area (Å²) in [7, 11) is 0. The van der Waals surface area contributed by atoms with E-state index in [9.17, 15) is 9.59 Å². The fourth-order valence-electron chi connectivity index (χ4n) is 6.03. The van der Waals surface area contributed by atoms with Crippen LogP contribution in [-0.4, -0.2) is 22.2 Å². The van der Waals surface area contributed by atoms with Gasteiger partial charge >= 0.3 is 5.97 Å². The van der Waals surface area contributed by atoms with Crippen molar-refractivity contribution < 1.29 is 14.3 Å². The molecule has 0 saturated heterocycles. The Labute approximate surface area is 164 Å². The Morgan fingerprint density at radius 2 is 1.81 bits per heavy atom. The lowest BCUT2D eigenvalue weighted by molar-refractivity contribution is -0.130. The molecule has 0 radical (unpaired) electrons. The molecular weight excluding hydrogens is 392 g/mol. The van der Waals surface area contributed by atoms with Crippen molar-refractivity contribution in [2.24, 2.45) is 23.2 Å². The maximum atomic E-state index is 12.6. The average molecular weight is 419 g/mol. The minimum atomic E-state index is -0.379. The summed E-state index contributed by atoms with van der Waals surface area (Å²) >= 11 is 3.77. The third-order valence-electron chi connectivity index (χ3n) is 7.56. The lowest BCUT2D eigenvalue weighted by Gasteiger charge is -2.53. The van der Waals surface area contributed by atoms with E-state index in [0.29, 0.717) is 35.5 Å². The van der Waals surface area contributed by atoms with Crippen molar-refractivity contribution in [1.29, 1.82) is 0 Å². The van der Waals surface area contributed by atoms with E-state index >= 15 is 0 Å². The average Bonchev–Trinajstić information content (AvgIpc) is 2.95. The van der Waals surface area contributed by atoms with Crippen LogP contribution in [0.25, 0.3) is 0 Å². The zero-order valence-corrected chi connectivity index (χ0v) is 17.1. The standard InChI is InChI=1S/C22H27BrO3/c1-21-13-12-17-15(8-10-18(24)22(17,2)23)16(21)9-11-19(21)26-20(25)14-6-4-3-5-7-14/h3-7,15-17,19H,8-13H2,1-2H3/t15-,16+,17-,19+,21-,22+/m0/s1. The molecule has 0 spiro atoms. The number of alkyl halides is 1. The summed E-state index contributed by atoms with van der Waals surface area (Å²) in [5.74, 6) is 1.65. The first-order valence-corrected chi connectivity index (χ1v) is 10.6. The van der Waals surface area contributed by atoms with E-state index in [1.807, 2.05) is 30.3 Å². The van der Waals surface area contributed by atoms with Crippen LogP contribution >= 0.6 is 15.9 Å². The van der Waals surface area contributed by atoms with Crippen LogP contribution in [0.3, 0.4) is 0 Å². The molecule has 0 aliphatic heterocycles. The molecule has 0 heterocycles. The Hall–Kier alpha value is -1.16. The van der Waals surface area contributed by atoms with Gasteiger partial charge in [-0.15, -0.1) is 0 Å². The van der Waals surface area contributed by atoms with E-state index in [0.717, 1.165) is 32.1 Å². The molecular formula is C22H27BrO3. The Morgan fingerprint density at radius 3 is 2.54 bits per heavy atom. The molecule has 0 unspecified atom stereocenters. The Bertz CT molecular complexity index is 713. The molecule has 0 aromatic heterocycles.